The highest BCUT2D eigenvalue weighted by Crippen LogP contribution is 2.32. The minimum absolute atomic E-state index is 0.539. The number of pyridine rings is 1. The van der Waals surface area contributed by atoms with Gasteiger partial charge in [-0.2, -0.15) is 10.2 Å². The average molecular weight is 319 g/mol. The molecule has 0 bridgehead atoms. The molecule has 3 aromatic rings. The third kappa shape index (κ3) is 2.78. The van der Waals surface area contributed by atoms with Gasteiger partial charge in [0.2, 0.25) is 0 Å². The van der Waals surface area contributed by atoms with Gasteiger partial charge < -0.3 is 5.32 Å². The second-order valence-corrected chi connectivity index (χ2v) is 6.89. The highest BCUT2D eigenvalue weighted by Gasteiger charge is 2.22. The summed E-state index contributed by atoms with van der Waals surface area (Å²) in [7, 11) is 1.90. The number of rotatable bonds is 4. The van der Waals surface area contributed by atoms with E-state index in [1.807, 2.05) is 46.3 Å². The highest BCUT2D eigenvalue weighted by atomic mass is 35.5. The van der Waals surface area contributed by atoms with Crippen molar-refractivity contribution in [2.24, 2.45) is 7.05 Å². The molecule has 6 nitrogen and oxygen atoms in total. The number of H-pyrrole nitrogens is 1. The van der Waals surface area contributed by atoms with E-state index in [0.717, 1.165) is 33.7 Å². The molecule has 116 valence electrons. The van der Waals surface area contributed by atoms with E-state index in [9.17, 15) is 0 Å². The van der Waals surface area contributed by atoms with E-state index in [4.69, 9.17) is 11.6 Å². The van der Waals surface area contributed by atoms with Gasteiger partial charge in [0, 0.05) is 25.4 Å². The number of nitrogens with one attached hydrogen (secondary N) is 2. The monoisotopic (exact) mass is 318 g/mol. The van der Waals surface area contributed by atoms with Crippen molar-refractivity contribution in [3.05, 3.63) is 35.4 Å². The zero-order chi connectivity index (χ0) is 15.9. The lowest BCUT2D eigenvalue weighted by Crippen LogP contribution is -2.11. The topological polar surface area (TPSA) is 71.4 Å². The Bertz CT molecular complexity index is 811. The van der Waals surface area contributed by atoms with Crippen LogP contribution in [0.5, 0.6) is 0 Å². The van der Waals surface area contributed by atoms with Gasteiger partial charge in [-0.25, -0.2) is 4.98 Å². The third-order valence-electron chi connectivity index (χ3n) is 3.53. The number of alkyl halides is 1. The quantitative estimate of drug-likeness (QED) is 0.725. The molecule has 22 heavy (non-hydrogen) atoms. The van der Waals surface area contributed by atoms with Crippen molar-refractivity contribution >= 4 is 28.3 Å². The van der Waals surface area contributed by atoms with Crippen LogP contribution in [0.25, 0.3) is 11.0 Å². The first-order chi connectivity index (χ1) is 10.3. The van der Waals surface area contributed by atoms with Crippen molar-refractivity contribution in [3.8, 4) is 0 Å². The number of aryl methyl sites for hydroxylation is 2. The molecule has 3 rings (SSSR count). The lowest BCUT2D eigenvalue weighted by Gasteiger charge is -2.17. The molecule has 7 heteroatoms. The van der Waals surface area contributed by atoms with Crippen molar-refractivity contribution in [2.45, 2.75) is 32.2 Å². The van der Waals surface area contributed by atoms with E-state index in [0.29, 0.717) is 6.54 Å². The van der Waals surface area contributed by atoms with Crippen molar-refractivity contribution in [2.75, 3.05) is 5.32 Å². The molecule has 3 aromatic heterocycles. The second kappa shape index (κ2) is 5.28. The van der Waals surface area contributed by atoms with Crippen LogP contribution in [0.4, 0.5) is 5.69 Å². The predicted octanol–water partition coefficient (Wildman–Crippen LogP) is 3.09. The Morgan fingerprint density at radius 3 is 2.77 bits per heavy atom. The summed E-state index contributed by atoms with van der Waals surface area (Å²) in [5, 5.41) is 14.9. The van der Waals surface area contributed by atoms with Gasteiger partial charge in [0.15, 0.2) is 0 Å². The number of aromatic amines is 1. The Balaban J connectivity index is 1.99. The van der Waals surface area contributed by atoms with Crippen LogP contribution in [0.3, 0.4) is 0 Å². The van der Waals surface area contributed by atoms with Crippen molar-refractivity contribution in [1.82, 2.24) is 25.0 Å². The summed E-state index contributed by atoms with van der Waals surface area (Å²) in [6.45, 7) is 6.49. The fourth-order valence-electron chi connectivity index (χ4n) is 2.31. The van der Waals surface area contributed by atoms with Crippen molar-refractivity contribution in [1.29, 1.82) is 0 Å². The maximum Gasteiger partial charge on any atom is 0.134 e. The molecule has 0 amide bonds. The van der Waals surface area contributed by atoms with Crippen LogP contribution in [0.1, 0.15) is 30.8 Å². The fraction of sp³-hybridized carbons (Fsp3) is 0.400. The van der Waals surface area contributed by atoms with Gasteiger partial charge in [-0.15, -0.1) is 11.6 Å². The number of fused-ring (bicyclic) bond motifs is 1. The Labute approximate surface area is 133 Å². The summed E-state index contributed by atoms with van der Waals surface area (Å²) in [4.78, 5) is 4.10. The second-order valence-electron chi connectivity index (χ2n) is 5.95. The van der Waals surface area contributed by atoms with Crippen LogP contribution in [-0.2, 0) is 18.5 Å². The van der Waals surface area contributed by atoms with E-state index >= 15 is 0 Å². The largest absolute Gasteiger partial charge is 0.379 e. The minimum Gasteiger partial charge on any atom is -0.379 e. The van der Waals surface area contributed by atoms with Crippen molar-refractivity contribution < 1.29 is 0 Å². The number of hydrogen-bond donors (Lipinski definition) is 2. The van der Waals surface area contributed by atoms with Crippen LogP contribution in [0.2, 0.25) is 0 Å². The molecule has 2 N–H and O–H groups in total. The Morgan fingerprint density at radius 1 is 1.36 bits per heavy atom. The highest BCUT2D eigenvalue weighted by molar-refractivity contribution is 6.23. The molecule has 0 fully saturated rings. The van der Waals surface area contributed by atoms with Crippen LogP contribution in [0, 0.1) is 6.92 Å². The molecule has 0 unspecified atom stereocenters. The van der Waals surface area contributed by atoms with E-state index in [-0.39, 0.29) is 0 Å². The standard InChI is InChI=1S/C15H19ClN6/c1-9-13-14(21-20-9)11(5-12(19-13)15(2,3)16)17-6-10-7-18-22(4)8-10/h5,7-8H,6H2,1-4H3,(H,17,19)(H,20,21). The summed E-state index contributed by atoms with van der Waals surface area (Å²) >= 11 is 6.44. The maximum absolute atomic E-state index is 6.44. The molecule has 3 heterocycles. The summed E-state index contributed by atoms with van der Waals surface area (Å²) in [5.74, 6) is 0. The Morgan fingerprint density at radius 2 is 2.14 bits per heavy atom. The Hall–Kier alpha value is -2.08. The average Bonchev–Trinajstić information content (AvgIpc) is 3.02. The van der Waals surface area contributed by atoms with Crippen molar-refractivity contribution in [3.63, 3.8) is 0 Å². The molecule has 0 aliphatic heterocycles. The Kier molecular flexibility index (Phi) is 3.56. The molecule has 0 saturated heterocycles. The molecular weight excluding hydrogens is 300 g/mol. The molecule has 0 aliphatic rings. The first kappa shape index (κ1) is 14.8. The fourth-order valence-corrected chi connectivity index (χ4v) is 2.40. The van der Waals surface area contributed by atoms with Gasteiger partial charge in [0.1, 0.15) is 11.0 Å². The lowest BCUT2D eigenvalue weighted by atomic mass is 10.1. The normalized spacial score (nSPS) is 12.0. The molecule has 0 saturated carbocycles. The molecule has 0 aliphatic carbocycles. The van der Waals surface area contributed by atoms with Crippen LogP contribution < -0.4 is 5.32 Å². The SMILES string of the molecule is Cc1[nH]nc2c(NCc3cnn(C)c3)cc(C(C)(C)Cl)nc12. The molecule has 0 atom stereocenters. The number of halogens is 1. The summed E-state index contributed by atoms with van der Waals surface area (Å²) < 4.78 is 1.78. The van der Waals surface area contributed by atoms with E-state index < -0.39 is 4.87 Å². The maximum atomic E-state index is 6.44. The number of hydrogen-bond acceptors (Lipinski definition) is 4. The van der Waals surface area contributed by atoms with Gasteiger partial charge in [0.25, 0.3) is 0 Å². The number of aromatic nitrogens is 5. The molecule has 0 radical (unpaired) electrons. The predicted molar refractivity (Wildman–Crippen MR) is 88.0 cm³/mol. The number of nitrogens with zero attached hydrogens (tertiary/aromatic N) is 4. The van der Waals surface area contributed by atoms with Gasteiger partial charge >= 0.3 is 0 Å². The van der Waals surface area contributed by atoms with Crippen LogP contribution in [-0.4, -0.2) is 25.0 Å². The van der Waals surface area contributed by atoms with Gasteiger partial charge in [-0.05, 0) is 26.8 Å². The van der Waals surface area contributed by atoms with E-state index in [1.54, 1.807) is 4.68 Å². The zero-order valence-corrected chi connectivity index (χ0v) is 13.9. The first-order valence-electron chi connectivity index (χ1n) is 7.11. The van der Waals surface area contributed by atoms with Gasteiger partial charge in [-0.3, -0.25) is 9.78 Å². The van der Waals surface area contributed by atoms with E-state index in [1.165, 1.54) is 0 Å². The van der Waals surface area contributed by atoms with Gasteiger partial charge in [0.05, 0.1) is 28.1 Å². The van der Waals surface area contributed by atoms with Crippen LogP contribution in [0.15, 0.2) is 18.5 Å². The smallest absolute Gasteiger partial charge is 0.134 e. The summed E-state index contributed by atoms with van der Waals surface area (Å²) in [6.07, 6.45) is 3.82. The van der Waals surface area contributed by atoms with E-state index in [2.05, 4.69) is 25.6 Å². The molecule has 0 spiro atoms. The summed E-state index contributed by atoms with van der Waals surface area (Å²) in [5.41, 5.74) is 5.45. The minimum atomic E-state index is -0.539. The van der Waals surface area contributed by atoms with Gasteiger partial charge in [-0.1, -0.05) is 0 Å². The molecule has 0 aromatic carbocycles. The number of anilines is 1. The summed E-state index contributed by atoms with van der Waals surface area (Å²) in [6, 6.07) is 1.96. The van der Waals surface area contributed by atoms with Crippen LogP contribution >= 0.6 is 11.6 Å². The first-order valence-corrected chi connectivity index (χ1v) is 7.49. The molecular formula is C15H19ClN6. The zero-order valence-electron chi connectivity index (χ0n) is 13.1. The third-order valence-corrected chi connectivity index (χ3v) is 3.73. The lowest BCUT2D eigenvalue weighted by molar-refractivity contribution is 0.737.